The average Bonchev–Trinajstić information content (AvgIpc) is 3.17. The number of nitrogens with two attached hydrogens (primary N) is 1. The Bertz CT molecular complexity index is 596. The van der Waals surface area contributed by atoms with Gasteiger partial charge in [0.25, 0.3) is 0 Å². The topological polar surface area (TPSA) is 73.2 Å². The van der Waals surface area contributed by atoms with Gasteiger partial charge in [-0.05, 0) is 18.6 Å². The van der Waals surface area contributed by atoms with Crippen LogP contribution in [0.25, 0.3) is 11.4 Å². The van der Waals surface area contributed by atoms with Crippen molar-refractivity contribution >= 4 is 0 Å². The predicted octanol–water partition coefficient (Wildman–Crippen LogP) is 3.39. The highest BCUT2D eigenvalue weighted by atomic mass is 16.7. The molecule has 0 bridgehead atoms. The Morgan fingerprint density at radius 2 is 2.24 bits per heavy atom. The molecule has 2 heterocycles. The smallest absolute Gasteiger partial charge is 0.231 e. The van der Waals surface area contributed by atoms with Crippen molar-refractivity contribution in [1.82, 2.24) is 9.97 Å². The van der Waals surface area contributed by atoms with Gasteiger partial charge in [-0.15, -0.1) is 0 Å². The zero-order chi connectivity index (χ0) is 14.7. The van der Waals surface area contributed by atoms with Crippen molar-refractivity contribution in [1.29, 1.82) is 0 Å². The summed E-state index contributed by atoms with van der Waals surface area (Å²) >= 11 is 0. The Morgan fingerprint density at radius 3 is 3.00 bits per heavy atom. The van der Waals surface area contributed by atoms with Gasteiger partial charge in [0.05, 0.1) is 0 Å². The minimum absolute atomic E-state index is 0.0399. The van der Waals surface area contributed by atoms with Crippen molar-refractivity contribution in [3.05, 3.63) is 30.1 Å². The third-order valence-electron chi connectivity index (χ3n) is 3.79. The summed E-state index contributed by atoms with van der Waals surface area (Å²) in [5, 5.41) is 0. The molecule has 5 heteroatoms. The lowest BCUT2D eigenvalue weighted by molar-refractivity contribution is 0.173. The summed E-state index contributed by atoms with van der Waals surface area (Å²) in [5.41, 5.74) is 8.35. The normalized spacial score (nSPS) is 14.4. The molecule has 2 aromatic rings. The molecule has 21 heavy (non-hydrogen) atoms. The van der Waals surface area contributed by atoms with Gasteiger partial charge < -0.3 is 20.2 Å². The summed E-state index contributed by atoms with van der Waals surface area (Å²) in [6.45, 7) is 2.45. The third-order valence-corrected chi connectivity index (χ3v) is 3.79. The number of fused-ring (bicyclic) bond motifs is 1. The van der Waals surface area contributed by atoms with Gasteiger partial charge in [-0.1, -0.05) is 26.2 Å². The number of H-pyrrole nitrogens is 1. The maximum Gasteiger partial charge on any atom is 0.231 e. The highest BCUT2D eigenvalue weighted by molar-refractivity contribution is 5.65. The average molecular weight is 287 g/mol. The van der Waals surface area contributed by atoms with Crippen LogP contribution in [0.4, 0.5) is 0 Å². The first-order valence-corrected chi connectivity index (χ1v) is 7.48. The quantitative estimate of drug-likeness (QED) is 0.799. The molecule has 112 valence electrons. The zero-order valence-corrected chi connectivity index (χ0v) is 12.3. The molecule has 0 aliphatic carbocycles. The number of nitrogens with one attached hydrogen (secondary N) is 1. The van der Waals surface area contributed by atoms with E-state index in [1.165, 1.54) is 12.8 Å². The van der Waals surface area contributed by atoms with E-state index >= 15 is 0 Å². The molecule has 0 spiro atoms. The number of benzene rings is 1. The van der Waals surface area contributed by atoms with E-state index in [1.54, 1.807) is 12.4 Å². The van der Waals surface area contributed by atoms with Gasteiger partial charge in [0.15, 0.2) is 11.5 Å². The van der Waals surface area contributed by atoms with Gasteiger partial charge in [-0.25, -0.2) is 4.98 Å². The van der Waals surface area contributed by atoms with Gasteiger partial charge in [0, 0.05) is 29.6 Å². The summed E-state index contributed by atoms with van der Waals surface area (Å²) in [6.07, 6.45) is 8.01. The van der Waals surface area contributed by atoms with Crippen molar-refractivity contribution in [3.63, 3.8) is 0 Å². The molecule has 0 saturated heterocycles. The van der Waals surface area contributed by atoms with Crippen LogP contribution in [0, 0.1) is 0 Å². The maximum absolute atomic E-state index is 6.36. The van der Waals surface area contributed by atoms with Crippen LogP contribution >= 0.6 is 0 Å². The van der Waals surface area contributed by atoms with E-state index in [2.05, 4.69) is 23.0 Å². The number of aromatic amines is 1. The minimum Gasteiger partial charge on any atom is -0.454 e. The highest BCUT2D eigenvalue weighted by Crippen LogP contribution is 2.42. The van der Waals surface area contributed by atoms with Crippen molar-refractivity contribution in [2.75, 3.05) is 6.79 Å². The second-order valence-corrected chi connectivity index (χ2v) is 5.34. The number of hydrogen-bond acceptors (Lipinski definition) is 4. The second kappa shape index (κ2) is 6.18. The van der Waals surface area contributed by atoms with Crippen LogP contribution in [-0.2, 0) is 0 Å². The summed E-state index contributed by atoms with van der Waals surface area (Å²) in [7, 11) is 0. The van der Waals surface area contributed by atoms with E-state index in [0.29, 0.717) is 0 Å². The SMILES string of the molecule is CCCCCC(N)c1cc(-c2ncc[nH]2)cc2c1OCO2. The second-order valence-electron chi connectivity index (χ2n) is 5.34. The van der Waals surface area contributed by atoms with Gasteiger partial charge in [-0.3, -0.25) is 0 Å². The molecular weight excluding hydrogens is 266 g/mol. The fourth-order valence-electron chi connectivity index (χ4n) is 2.64. The van der Waals surface area contributed by atoms with E-state index in [4.69, 9.17) is 15.2 Å². The molecule has 3 N–H and O–H groups in total. The van der Waals surface area contributed by atoms with E-state index in [-0.39, 0.29) is 12.8 Å². The molecule has 1 aromatic heterocycles. The molecular formula is C16H21N3O2. The molecule has 1 unspecified atom stereocenters. The Balaban J connectivity index is 1.91. The molecule has 5 nitrogen and oxygen atoms in total. The lowest BCUT2D eigenvalue weighted by atomic mass is 9.97. The summed E-state index contributed by atoms with van der Waals surface area (Å²) in [4.78, 5) is 7.41. The number of aromatic nitrogens is 2. The van der Waals surface area contributed by atoms with Crippen molar-refractivity contribution in [3.8, 4) is 22.9 Å². The number of rotatable bonds is 6. The molecule has 3 rings (SSSR count). The van der Waals surface area contributed by atoms with Crippen molar-refractivity contribution < 1.29 is 9.47 Å². The summed E-state index contributed by atoms with van der Waals surface area (Å²) < 4.78 is 11.1. The molecule has 0 radical (unpaired) electrons. The molecule has 1 aliphatic rings. The predicted molar refractivity (Wildman–Crippen MR) is 81.2 cm³/mol. The van der Waals surface area contributed by atoms with Crippen LogP contribution in [0.1, 0.15) is 44.2 Å². The first kappa shape index (κ1) is 13.9. The minimum atomic E-state index is -0.0399. The van der Waals surface area contributed by atoms with Crippen LogP contribution in [0.15, 0.2) is 24.5 Å². The van der Waals surface area contributed by atoms with E-state index < -0.39 is 0 Å². The van der Waals surface area contributed by atoms with Gasteiger partial charge in [-0.2, -0.15) is 0 Å². The fourth-order valence-corrected chi connectivity index (χ4v) is 2.64. The van der Waals surface area contributed by atoms with Gasteiger partial charge >= 0.3 is 0 Å². The summed E-state index contributed by atoms with van der Waals surface area (Å²) in [6, 6.07) is 3.97. The van der Waals surface area contributed by atoms with Crippen LogP contribution in [0.2, 0.25) is 0 Å². The summed E-state index contributed by atoms with van der Waals surface area (Å²) in [5.74, 6) is 2.36. The standard InChI is InChI=1S/C16H21N3O2/c1-2-3-4-5-13(17)12-8-11(16-18-6-7-19-16)9-14-15(12)21-10-20-14/h6-9,13H,2-5,10,17H2,1H3,(H,18,19). The van der Waals surface area contributed by atoms with Crippen molar-refractivity contribution in [2.45, 2.75) is 38.6 Å². The first-order chi connectivity index (χ1) is 10.3. The highest BCUT2D eigenvalue weighted by Gasteiger charge is 2.23. The van der Waals surface area contributed by atoms with E-state index in [1.807, 2.05) is 6.07 Å². The molecule has 0 amide bonds. The van der Waals surface area contributed by atoms with E-state index in [9.17, 15) is 0 Å². The van der Waals surface area contributed by atoms with Crippen LogP contribution in [0.5, 0.6) is 11.5 Å². The van der Waals surface area contributed by atoms with Gasteiger partial charge in [0.1, 0.15) is 5.82 Å². The van der Waals surface area contributed by atoms with Crippen LogP contribution in [-0.4, -0.2) is 16.8 Å². The largest absolute Gasteiger partial charge is 0.454 e. The number of nitrogens with zero attached hydrogens (tertiary/aromatic N) is 1. The molecule has 0 saturated carbocycles. The number of hydrogen-bond donors (Lipinski definition) is 2. The first-order valence-electron chi connectivity index (χ1n) is 7.48. The fraction of sp³-hybridized carbons (Fsp3) is 0.438. The maximum atomic E-state index is 6.36. The number of ether oxygens (including phenoxy) is 2. The van der Waals surface area contributed by atoms with Crippen LogP contribution in [0.3, 0.4) is 0 Å². The molecule has 1 aliphatic heterocycles. The molecule has 1 aromatic carbocycles. The van der Waals surface area contributed by atoms with E-state index in [0.717, 1.165) is 41.3 Å². The van der Waals surface area contributed by atoms with Crippen molar-refractivity contribution in [2.24, 2.45) is 5.73 Å². The van der Waals surface area contributed by atoms with Gasteiger partial charge in [0.2, 0.25) is 6.79 Å². The van der Waals surface area contributed by atoms with Crippen LogP contribution < -0.4 is 15.2 Å². The molecule has 0 fully saturated rings. The third kappa shape index (κ3) is 2.88. The lowest BCUT2D eigenvalue weighted by Gasteiger charge is -2.15. The Labute approximate surface area is 124 Å². The number of unbranched alkanes of at least 4 members (excludes halogenated alkanes) is 2. The Hall–Kier alpha value is -2.01. The Kier molecular flexibility index (Phi) is 4.10. The molecule has 1 atom stereocenters. The lowest BCUT2D eigenvalue weighted by Crippen LogP contribution is -2.11. The number of imidazole rings is 1. The Morgan fingerprint density at radius 1 is 1.33 bits per heavy atom. The zero-order valence-electron chi connectivity index (χ0n) is 12.3. The monoisotopic (exact) mass is 287 g/mol.